The van der Waals surface area contributed by atoms with Crippen molar-refractivity contribution in [1.29, 1.82) is 0 Å². The second kappa shape index (κ2) is 8.13. The Morgan fingerprint density at radius 3 is 2.11 bits per heavy atom. The Labute approximate surface area is 201 Å². The summed E-state index contributed by atoms with van der Waals surface area (Å²) in [5.41, 5.74) is -3.97. The number of nitrogens with one attached hydrogen (secondary N) is 2. The van der Waals surface area contributed by atoms with Crippen LogP contribution in [0.4, 0.5) is 18.0 Å². The molecule has 1 aliphatic heterocycles. The minimum atomic E-state index is -5.24. The van der Waals surface area contributed by atoms with Gasteiger partial charge in [0, 0.05) is 11.6 Å². The highest BCUT2D eigenvalue weighted by molar-refractivity contribution is 6.10. The van der Waals surface area contributed by atoms with Crippen LogP contribution in [0, 0.1) is 23.2 Å². The fraction of sp³-hybridized carbons (Fsp3) is 0.640. The smallest absolute Gasteiger partial charge is 0.440 e. The number of hydrogen-bond acceptors (Lipinski definition) is 4. The first kappa shape index (κ1) is 23.9. The highest BCUT2D eigenvalue weighted by Crippen LogP contribution is 2.62. The molecule has 5 fully saturated rings. The normalized spacial score (nSPS) is 34.7. The predicted octanol–water partition coefficient (Wildman–Crippen LogP) is 4.23. The van der Waals surface area contributed by atoms with Gasteiger partial charge in [-0.3, -0.25) is 19.8 Å². The average Bonchev–Trinajstić information content (AvgIpc) is 3.04. The number of imide groups is 1. The molecule has 1 heterocycles. The third-order valence-electron chi connectivity index (χ3n) is 8.62. The topological polar surface area (TPSA) is 87.7 Å². The standard InChI is InChI=1S/C25H30F3N3O4/c1-3-19(23-11-14-8-15(12-23)10-16(9-14)13-23)31-21(33)24(25(26,27)28,30-22(31)34)29-20(32)17-4-6-18(35-2)7-5-17/h4-7,14-16,19H,3,8-13H2,1-2H3,(H,29,32)(H,30,34)/t14?,15?,16?,19-,23?,24-/m1/s1. The molecule has 0 unspecified atom stereocenters. The Morgan fingerprint density at radius 2 is 1.66 bits per heavy atom. The van der Waals surface area contributed by atoms with Crippen LogP contribution in [0.25, 0.3) is 0 Å². The van der Waals surface area contributed by atoms with Gasteiger partial charge in [0.2, 0.25) is 0 Å². The SMILES string of the molecule is CC[C@@H](N1C(=O)N[C@@](NC(=O)c2ccc(OC)cc2)(C(F)(F)F)C1=O)C12CC3CC(CC(C3)C1)C2. The van der Waals surface area contributed by atoms with Crippen molar-refractivity contribution in [2.75, 3.05) is 7.11 Å². The van der Waals surface area contributed by atoms with Crippen molar-refractivity contribution in [3.63, 3.8) is 0 Å². The van der Waals surface area contributed by atoms with Crippen LogP contribution < -0.4 is 15.4 Å². The number of rotatable bonds is 6. The third-order valence-corrected chi connectivity index (χ3v) is 8.62. The summed E-state index contributed by atoms with van der Waals surface area (Å²) >= 11 is 0. The van der Waals surface area contributed by atoms with Gasteiger partial charge in [0.1, 0.15) is 5.75 Å². The third kappa shape index (κ3) is 3.67. The van der Waals surface area contributed by atoms with Crippen molar-refractivity contribution < 1.29 is 32.3 Å². The number of benzene rings is 1. The maximum atomic E-state index is 14.4. The second-order valence-corrected chi connectivity index (χ2v) is 10.7. The lowest BCUT2D eigenvalue weighted by Gasteiger charge is -2.60. The molecule has 0 radical (unpaired) electrons. The summed E-state index contributed by atoms with van der Waals surface area (Å²) in [6.45, 7) is 1.81. The van der Waals surface area contributed by atoms with Crippen LogP contribution in [0.15, 0.2) is 24.3 Å². The number of carbonyl (C=O) groups excluding carboxylic acids is 3. The zero-order valence-electron chi connectivity index (χ0n) is 19.8. The number of hydrogen-bond donors (Lipinski definition) is 2. The van der Waals surface area contributed by atoms with Gasteiger partial charge in [-0.2, -0.15) is 13.2 Å². The van der Waals surface area contributed by atoms with E-state index in [0.29, 0.717) is 29.9 Å². The molecular weight excluding hydrogens is 463 g/mol. The van der Waals surface area contributed by atoms with Gasteiger partial charge in [0.15, 0.2) is 0 Å². The number of alkyl halides is 3. The van der Waals surface area contributed by atoms with Crippen molar-refractivity contribution in [3.8, 4) is 5.75 Å². The van der Waals surface area contributed by atoms with E-state index < -0.39 is 35.7 Å². The number of carbonyl (C=O) groups is 3. The maximum Gasteiger partial charge on any atom is 0.440 e. The molecular formula is C25H30F3N3O4. The lowest BCUT2D eigenvalue weighted by Crippen LogP contribution is -2.70. The van der Waals surface area contributed by atoms with Gasteiger partial charge in [-0.05, 0) is 92.4 Å². The number of ether oxygens (including phenoxy) is 1. The van der Waals surface area contributed by atoms with E-state index in [4.69, 9.17) is 4.74 Å². The highest BCUT2D eigenvalue weighted by Gasteiger charge is 2.71. The number of amides is 4. The van der Waals surface area contributed by atoms with Gasteiger partial charge in [-0.1, -0.05) is 6.92 Å². The largest absolute Gasteiger partial charge is 0.497 e. The average molecular weight is 494 g/mol. The highest BCUT2D eigenvalue weighted by atomic mass is 19.4. The number of methoxy groups -OCH3 is 1. The Kier molecular flexibility index (Phi) is 5.56. The van der Waals surface area contributed by atoms with Crippen LogP contribution >= 0.6 is 0 Å². The van der Waals surface area contributed by atoms with Gasteiger partial charge in [0.25, 0.3) is 17.5 Å². The monoisotopic (exact) mass is 493 g/mol. The quantitative estimate of drug-likeness (QED) is 0.581. The fourth-order valence-electron chi connectivity index (χ4n) is 7.64. The lowest BCUT2D eigenvalue weighted by molar-refractivity contribution is -0.202. The van der Waals surface area contributed by atoms with Crippen LogP contribution in [0.3, 0.4) is 0 Å². The molecule has 1 saturated heterocycles. The van der Waals surface area contributed by atoms with E-state index in [9.17, 15) is 27.6 Å². The predicted molar refractivity (Wildman–Crippen MR) is 119 cm³/mol. The van der Waals surface area contributed by atoms with Crippen molar-refractivity contribution in [3.05, 3.63) is 29.8 Å². The van der Waals surface area contributed by atoms with E-state index in [0.717, 1.165) is 43.4 Å². The molecule has 6 rings (SSSR count). The first-order valence-corrected chi connectivity index (χ1v) is 12.2. The summed E-state index contributed by atoms with van der Waals surface area (Å²) in [5, 5.41) is 3.65. The minimum Gasteiger partial charge on any atom is -0.497 e. The molecule has 1 aromatic rings. The Bertz CT molecular complexity index is 1010. The molecule has 0 spiro atoms. The maximum absolute atomic E-state index is 14.4. The van der Waals surface area contributed by atoms with E-state index in [-0.39, 0.29) is 11.0 Å². The summed E-state index contributed by atoms with van der Waals surface area (Å²) in [6.07, 6.45) is 0.978. The first-order valence-electron chi connectivity index (χ1n) is 12.2. The first-order chi connectivity index (χ1) is 16.5. The van der Waals surface area contributed by atoms with E-state index >= 15 is 0 Å². The number of halogens is 3. The van der Waals surface area contributed by atoms with Gasteiger partial charge >= 0.3 is 12.2 Å². The van der Waals surface area contributed by atoms with Crippen molar-refractivity contribution in [2.45, 2.75) is 69.8 Å². The van der Waals surface area contributed by atoms with Crippen molar-refractivity contribution in [1.82, 2.24) is 15.5 Å². The molecule has 4 amide bonds. The lowest BCUT2D eigenvalue weighted by atomic mass is 9.47. The van der Waals surface area contributed by atoms with Crippen LogP contribution in [0.5, 0.6) is 5.75 Å². The minimum absolute atomic E-state index is 0.0944. The number of urea groups is 1. The zero-order chi connectivity index (χ0) is 25.2. The van der Waals surface area contributed by atoms with Crippen LogP contribution in [-0.4, -0.2) is 47.7 Å². The fourth-order valence-corrected chi connectivity index (χ4v) is 7.64. The van der Waals surface area contributed by atoms with Crippen molar-refractivity contribution in [2.24, 2.45) is 23.2 Å². The molecule has 4 aliphatic carbocycles. The Morgan fingerprint density at radius 1 is 1.11 bits per heavy atom. The van der Waals surface area contributed by atoms with Crippen LogP contribution in [0.2, 0.25) is 0 Å². The summed E-state index contributed by atoms with van der Waals surface area (Å²) in [4.78, 5) is 40.2. The van der Waals surface area contributed by atoms with Crippen LogP contribution in [-0.2, 0) is 4.79 Å². The second-order valence-electron chi connectivity index (χ2n) is 10.7. The summed E-state index contributed by atoms with van der Waals surface area (Å²) in [7, 11) is 1.42. The molecule has 190 valence electrons. The molecule has 4 saturated carbocycles. The molecule has 2 atom stereocenters. The van der Waals surface area contributed by atoms with E-state index in [1.54, 1.807) is 0 Å². The molecule has 1 aromatic carbocycles. The van der Waals surface area contributed by atoms with E-state index in [1.807, 2.05) is 17.6 Å². The molecule has 4 bridgehead atoms. The Hall–Kier alpha value is -2.78. The van der Waals surface area contributed by atoms with E-state index in [2.05, 4.69) is 0 Å². The summed E-state index contributed by atoms with van der Waals surface area (Å²) in [5.74, 6) is -0.665. The van der Waals surface area contributed by atoms with Crippen molar-refractivity contribution >= 4 is 17.8 Å². The van der Waals surface area contributed by atoms with Gasteiger partial charge < -0.3 is 10.1 Å². The Balaban J connectivity index is 1.46. The molecule has 5 aliphatic rings. The summed E-state index contributed by atoms with van der Waals surface area (Å²) in [6, 6.07) is 3.69. The molecule has 10 heteroatoms. The zero-order valence-corrected chi connectivity index (χ0v) is 19.8. The van der Waals surface area contributed by atoms with Gasteiger partial charge in [-0.15, -0.1) is 0 Å². The van der Waals surface area contributed by atoms with E-state index in [1.165, 1.54) is 31.4 Å². The molecule has 35 heavy (non-hydrogen) atoms. The van der Waals surface area contributed by atoms with Gasteiger partial charge in [0.05, 0.1) is 7.11 Å². The molecule has 0 aromatic heterocycles. The van der Waals surface area contributed by atoms with Crippen LogP contribution in [0.1, 0.15) is 62.2 Å². The number of nitrogens with zero attached hydrogens (tertiary/aromatic N) is 1. The molecule has 2 N–H and O–H groups in total. The van der Waals surface area contributed by atoms with Gasteiger partial charge in [-0.25, -0.2) is 4.79 Å². The molecule has 7 nitrogen and oxygen atoms in total. The summed E-state index contributed by atoms with van der Waals surface area (Å²) < 4.78 is 48.3.